The van der Waals surface area contributed by atoms with Crippen LogP contribution in [-0.2, 0) is 6.54 Å². The molecule has 14 heavy (non-hydrogen) atoms. The van der Waals surface area contributed by atoms with Gasteiger partial charge in [0.25, 0.3) is 0 Å². The van der Waals surface area contributed by atoms with Gasteiger partial charge in [0, 0.05) is 17.5 Å². The van der Waals surface area contributed by atoms with Gasteiger partial charge >= 0.3 is 0 Å². The Morgan fingerprint density at radius 2 is 2.43 bits per heavy atom. The van der Waals surface area contributed by atoms with Crippen molar-refractivity contribution in [3.8, 4) is 11.3 Å². The zero-order chi connectivity index (χ0) is 9.97. The molecule has 0 spiro atoms. The number of halogens is 1. The number of hydrogen-bond donors (Lipinski definition) is 0. The lowest BCUT2D eigenvalue weighted by Crippen LogP contribution is -2.00. The van der Waals surface area contributed by atoms with E-state index in [4.69, 9.17) is 11.6 Å². The van der Waals surface area contributed by atoms with Crippen molar-refractivity contribution in [2.45, 2.75) is 19.9 Å². The third-order valence-electron chi connectivity index (χ3n) is 2.02. The molecule has 2 rings (SSSR count). The summed E-state index contributed by atoms with van der Waals surface area (Å²) in [6, 6.07) is 2.07. The molecule has 0 saturated heterocycles. The number of thiophene rings is 1. The van der Waals surface area contributed by atoms with Crippen LogP contribution in [0.2, 0.25) is 5.02 Å². The van der Waals surface area contributed by atoms with Crippen molar-refractivity contribution in [3.05, 3.63) is 28.0 Å². The van der Waals surface area contributed by atoms with E-state index < -0.39 is 0 Å². The maximum Gasteiger partial charge on any atom is 0.0877 e. The van der Waals surface area contributed by atoms with Crippen molar-refractivity contribution < 1.29 is 0 Å². The van der Waals surface area contributed by atoms with E-state index in [1.54, 1.807) is 17.5 Å². The Hall–Kier alpha value is -0.800. The summed E-state index contributed by atoms with van der Waals surface area (Å²) in [7, 11) is 0. The lowest BCUT2D eigenvalue weighted by Gasteiger charge is -2.04. The topological polar surface area (TPSA) is 17.8 Å². The fraction of sp³-hybridized carbons (Fsp3) is 0.300. The van der Waals surface area contributed by atoms with E-state index in [0.717, 1.165) is 29.2 Å². The van der Waals surface area contributed by atoms with Crippen LogP contribution in [0.1, 0.15) is 13.3 Å². The highest BCUT2D eigenvalue weighted by Crippen LogP contribution is 2.29. The second kappa shape index (κ2) is 4.15. The summed E-state index contributed by atoms with van der Waals surface area (Å²) >= 11 is 7.77. The molecular formula is C10H11ClN2S. The molecule has 0 atom stereocenters. The van der Waals surface area contributed by atoms with E-state index >= 15 is 0 Å². The largest absolute Gasteiger partial charge is 0.263 e. The van der Waals surface area contributed by atoms with Crippen LogP contribution in [0.15, 0.2) is 23.0 Å². The molecule has 0 aliphatic heterocycles. The first-order valence-corrected chi connectivity index (χ1v) is 5.89. The Morgan fingerprint density at radius 1 is 1.57 bits per heavy atom. The van der Waals surface area contributed by atoms with Crippen LogP contribution < -0.4 is 0 Å². The molecule has 2 heterocycles. The molecule has 0 amide bonds. The van der Waals surface area contributed by atoms with Crippen LogP contribution in [0, 0.1) is 0 Å². The van der Waals surface area contributed by atoms with E-state index in [2.05, 4.69) is 28.8 Å². The first-order chi connectivity index (χ1) is 6.83. The van der Waals surface area contributed by atoms with Crippen molar-refractivity contribution >= 4 is 22.9 Å². The normalized spacial score (nSPS) is 10.7. The Balaban J connectivity index is 2.45. The van der Waals surface area contributed by atoms with Crippen LogP contribution in [0.5, 0.6) is 0 Å². The Kier molecular flexibility index (Phi) is 2.89. The van der Waals surface area contributed by atoms with Crippen LogP contribution in [-0.4, -0.2) is 9.78 Å². The van der Waals surface area contributed by atoms with E-state index in [0.29, 0.717) is 0 Å². The predicted octanol–water partition coefficient (Wildman–Crippen LogP) is 3.68. The highest BCUT2D eigenvalue weighted by Gasteiger charge is 2.10. The Labute approximate surface area is 92.1 Å². The first-order valence-electron chi connectivity index (χ1n) is 4.56. The molecule has 0 fully saturated rings. The standard InChI is InChI=1S/C10H11ClN2S/c1-2-4-13-10(9(11)6-12-13)8-3-5-14-7-8/h3,5-7H,2,4H2,1H3. The van der Waals surface area contributed by atoms with Crippen molar-refractivity contribution in [1.82, 2.24) is 9.78 Å². The molecule has 0 saturated carbocycles. The van der Waals surface area contributed by atoms with Gasteiger partial charge < -0.3 is 0 Å². The van der Waals surface area contributed by atoms with E-state index in [1.807, 2.05) is 4.68 Å². The van der Waals surface area contributed by atoms with E-state index in [-0.39, 0.29) is 0 Å². The third-order valence-corrected chi connectivity index (χ3v) is 2.98. The SMILES string of the molecule is CCCn1ncc(Cl)c1-c1ccsc1. The minimum atomic E-state index is 0.733. The van der Waals surface area contributed by atoms with E-state index in [9.17, 15) is 0 Å². The molecule has 0 aliphatic carbocycles. The molecule has 0 N–H and O–H groups in total. The molecule has 2 aromatic heterocycles. The van der Waals surface area contributed by atoms with Crippen LogP contribution in [0.3, 0.4) is 0 Å². The Morgan fingerprint density at radius 3 is 3.07 bits per heavy atom. The van der Waals surface area contributed by atoms with E-state index in [1.165, 1.54) is 0 Å². The molecule has 0 aliphatic rings. The van der Waals surface area contributed by atoms with Crippen molar-refractivity contribution in [1.29, 1.82) is 0 Å². The number of nitrogens with zero attached hydrogens (tertiary/aromatic N) is 2. The van der Waals surface area contributed by atoms with Gasteiger partial charge in [-0.15, -0.1) is 0 Å². The number of hydrogen-bond acceptors (Lipinski definition) is 2. The zero-order valence-electron chi connectivity index (χ0n) is 7.90. The second-order valence-electron chi connectivity index (χ2n) is 3.08. The van der Waals surface area contributed by atoms with Crippen molar-refractivity contribution in [2.24, 2.45) is 0 Å². The highest BCUT2D eigenvalue weighted by atomic mass is 35.5. The summed E-state index contributed by atoms with van der Waals surface area (Å²) in [5.74, 6) is 0. The summed E-state index contributed by atoms with van der Waals surface area (Å²) in [5.41, 5.74) is 2.20. The summed E-state index contributed by atoms with van der Waals surface area (Å²) in [4.78, 5) is 0. The van der Waals surface area contributed by atoms with Gasteiger partial charge in [-0.1, -0.05) is 18.5 Å². The summed E-state index contributed by atoms with van der Waals surface area (Å²) in [6.45, 7) is 3.05. The monoisotopic (exact) mass is 226 g/mol. The van der Waals surface area contributed by atoms with Gasteiger partial charge in [0.2, 0.25) is 0 Å². The number of aryl methyl sites for hydroxylation is 1. The van der Waals surface area contributed by atoms with Gasteiger partial charge in [0.05, 0.1) is 16.9 Å². The fourth-order valence-corrected chi connectivity index (χ4v) is 2.32. The van der Waals surface area contributed by atoms with Gasteiger partial charge in [-0.3, -0.25) is 4.68 Å². The molecule has 2 aromatic rings. The van der Waals surface area contributed by atoms with Crippen molar-refractivity contribution in [2.75, 3.05) is 0 Å². The summed E-state index contributed by atoms with van der Waals surface area (Å²) < 4.78 is 1.96. The fourth-order valence-electron chi connectivity index (χ4n) is 1.43. The van der Waals surface area contributed by atoms with Crippen LogP contribution >= 0.6 is 22.9 Å². The lowest BCUT2D eigenvalue weighted by atomic mass is 10.2. The van der Waals surface area contributed by atoms with Gasteiger partial charge in [-0.25, -0.2) is 0 Å². The van der Waals surface area contributed by atoms with Crippen LogP contribution in [0.4, 0.5) is 0 Å². The second-order valence-corrected chi connectivity index (χ2v) is 4.26. The highest BCUT2D eigenvalue weighted by molar-refractivity contribution is 7.08. The minimum absolute atomic E-state index is 0.733. The molecule has 0 aromatic carbocycles. The van der Waals surface area contributed by atoms with Crippen LogP contribution in [0.25, 0.3) is 11.3 Å². The number of aromatic nitrogens is 2. The number of rotatable bonds is 3. The molecule has 4 heteroatoms. The molecule has 74 valence electrons. The van der Waals surface area contributed by atoms with Gasteiger partial charge in [0.1, 0.15) is 0 Å². The minimum Gasteiger partial charge on any atom is -0.263 e. The summed E-state index contributed by atoms with van der Waals surface area (Å²) in [5, 5.41) is 9.13. The van der Waals surface area contributed by atoms with Gasteiger partial charge in [-0.2, -0.15) is 16.4 Å². The summed E-state index contributed by atoms with van der Waals surface area (Å²) in [6.07, 6.45) is 2.78. The maximum absolute atomic E-state index is 6.09. The van der Waals surface area contributed by atoms with Gasteiger partial charge in [0.15, 0.2) is 0 Å². The average molecular weight is 227 g/mol. The predicted molar refractivity (Wildman–Crippen MR) is 60.8 cm³/mol. The van der Waals surface area contributed by atoms with Crippen molar-refractivity contribution in [3.63, 3.8) is 0 Å². The molecule has 0 radical (unpaired) electrons. The zero-order valence-corrected chi connectivity index (χ0v) is 9.48. The maximum atomic E-state index is 6.09. The molecule has 0 bridgehead atoms. The smallest absolute Gasteiger partial charge is 0.0877 e. The lowest BCUT2D eigenvalue weighted by molar-refractivity contribution is 0.609. The Bertz CT molecular complexity index is 406. The quantitative estimate of drug-likeness (QED) is 0.781. The molecule has 2 nitrogen and oxygen atoms in total. The van der Waals surface area contributed by atoms with Gasteiger partial charge in [-0.05, 0) is 17.9 Å². The average Bonchev–Trinajstić information content (AvgIpc) is 2.76. The molecule has 0 unspecified atom stereocenters. The first kappa shape index (κ1) is 9.74. The third kappa shape index (κ3) is 1.70. The molecular weight excluding hydrogens is 216 g/mol.